The molecule has 3 aromatic carbocycles. The summed E-state index contributed by atoms with van der Waals surface area (Å²) in [4.78, 5) is 3.23. The number of hydrogen-bond acceptors (Lipinski definition) is 8. The Balaban J connectivity index is 0.00000363. The Hall–Kier alpha value is -1.63. The number of phenols is 2. The van der Waals surface area contributed by atoms with Crippen molar-refractivity contribution >= 4 is 78.7 Å². The average molecular weight is 527 g/mol. The molecule has 0 aliphatic rings. The van der Waals surface area contributed by atoms with Gasteiger partial charge in [-0.25, -0.2) is 0 Å². The van der Waals surface area contributed by atoms with E-state index in [-0.39, 0.29) is 72.5 Å². The van der Waals surface area contributed by atoms with Crippen LogP contribution in [0.3, 0.4) is 0 Å². The standard InChI is InChI=1S/C18H12Cl3N3O6S.Na/c1-7(25)22-11-4-5-13(31(28,29)30)8-2-3-12(18(27)14(8)11)23-24-16-15(21)9(19)6-10(20)17(16)26;/h2-6,26-27H,1H3,(H,22,25)(H,28,29,30);/q;+1/p-1. The topological polar surface area (TPSA) is 155 Å². The molecule has 3 aromatic rings. The molecule has 0 bridgehead atoms. The Bertz CT molecular complexity index is 1370. The first-order chi connectivity index (χ1) is 14.4. The summed E-state index contributed by atoms with van der Waals surface area (Å²) in [6, 6.07) is 5.83. The van der Waals surface area contributed by atoms with E-state index in [1.165, 1.54) is 18.2 Å². The Morgan fingerprint density at radius 3 is 2.19 bits per heavy atom. The van der Waals surface area contributed by atoms with E-state index in [0.717, 1.165) is 19.1 Å². The van der Waals surface area contributed by atoms with Crippen LogP contribution in [0.5, 0.6) is 11.5 Å². The second kappa shape index (κ2) is 10.1. The summed E-state index contributed by atoms with van der Waals surface area (Å²) in [7, 11) is -4.65. The number of hydrogen-bond donors (Lipinski definition) is 3. The first kappa shape index (κ1) is 26.6. The maximum Gasteiger partial charge on any atom is 1.00 e. The third kappa shape index (κ3) is 5.29. The maximum absolute atomic E-state index is 11.7. The predicted octanol–water partition coefficient (Wildman–Crippen LogP) is 2.29. The smallest absolute Gasteiger partial charge is 0.862 e. The van der Waals surface area contributed by atoms with E-state index in [9.17, 15) is 28.3 Å². The molecule has 9 nitrogen and oxygen atoms in total. The van der Waals surface area contributed by atoms with Crippen LogP contribution in [-0.4, -0.2) is 29.1 Å². The molecule has 3 N–H and O–H groups in total. The average Bonchev–Trinajstić information content (AvgIpc) is 2.66. The van der Waals surface area contributed by atoms with Crippen molar-refractivity contribution in [3.05, 3.63) is 45.4 Å². The number of azo groups is 1. The molecule has 0 aliphatic carbocycles. The fraction of sp³-hybridized carbons (Fsp3) is 0.0556. The number of benzene rings is 3. The largest absolute Gasteiger partial charge is 1.00 e. The van der Waals surface area contributed by atoms with Gasteiger partial charge in [0.05, 0.1) is 26.1 Å². The fourth-order valence-corrected chi connectivity index (χ4v) is 4.03. The van der Waals surface area contributed by atoms with Crippen molar-refractivity contribution in [3.8, 4) is 11.5 Å². The van der Waals surface area contributed by atoms with Crippen LogP contribution in [0, 0.1) is 0 Å². The van der Waals surface area contributed by atoms with Gasteiger partial charge in [0.1, 0.15) is 16.3 Å². The number of phenolic OH excluding ortho intramolecular Hbond substituents is 2. The van der Waals surface area contributed by atoms with Gasteiger partial charge in [0.2, 0.25) is 0 Å². The summed E-state index contributed by atoms with van der Waals surface area (Å²) in [5.41, 5.74) is -0.512. The molecule has 3 rings (SSSR count). The molecule has 14 heteroatoms. The van der Waals surface area contributed by atoms with Gasteiger partial charge in [0.15, 0.2) is 11.5 Å². The summed E-state index contributed by atoms with van der Waals surface area (Å²) >= 11 is 17.8. The third-order valence-corrected chi connectivity index (χ3v) is 5.98. The molecule has 0 saturated carbocycles. The van der Waals surface area contributed by atoms with Gasteiger partial charge in [0.25, 0.3) is 10.1 Å². The monoisotopic (exact) mass is 525 g/mol. The van der Waals surface area contributed by atoms with Gasteiger partial charge in [-0.1, -0.05) is 40.9 Å². The molecule has 0 saturated heterocycles. The van der Waals surface area contributed by atoms with Gasteiger partial charge < -0.3 is 15.3 Å². The number of fused-ring (bicyclic) bond motifs is 1. The molecular weight excluding hydrogens is 516 g/mol. The van der Waals surface area contributed by atoms with Gasteiger partial charge in [-0.3, -0.25) is 9.55 Å². The number of aliphatic imine (C=N–C) groups is 1. The number of nitrogens with zero attached hydrogens (tertiary/aromatic N) is 3. The zero-order valence-electron chi connectivity index (χ0n) is 16.3. The molecule has 162 valence electrons. The molecule has 0 aromatic heterocycles. The van der Waals surface area contributed by atoms with Gasteiger partial charge in [-0.05, 0) is 37.1 Å². The first-order valence-electron chi connectivity index (χ1n) is 8.18. The van der Waals surface area contributed by atoms with E-state index in [4.69, 9.17) is 34.8 Å². The quantitative estimate of drug-likeness (QED) is 0.118. The second-order valence-corrected chi connectivity index (χ2v) is 8.68. The summed E-state index contributed by atoms with van der Waals surface area (Å²) < 4.78 is 32.9. The minimum atomic E-state index is -4.65. The van der Waals surface area contributed by atoms with Crippen molar-refractivity contribution in [2.24, 2.45) is 15.2 Å². The minimum absolute atomic E-state index is 0. The Labute approximate surface area is 219 Å². The van der Waals surface area contributed by atoms with Crippen molar-refractivity contribution < 1.29 is 57.8 Å². The number of rotatable bonds is 4. The zero-order chi connectivity index (χ0) is 23.1. The van der Waals surface area contributed by atoms with Gasteiger partial charge in [-0.15, -0.1) is 10.2 Å². The van der Waals surface area contributed by atoms with Crippen molar-refractivity contribution in [2.75, 3.05) is 0 Å². The van der Waals surface area contributed by atoms with Crippen LogP contribution in [0.1, 0.15) is 6.92 Å². The molecule has 0 spiro atoms. The fourth-order valence-electron chi connectivity index (χ4n) is 2.71. The summed E-state index contributed by atoms with van der Waals surface area (Å²) in [5, 5.41) is 39.3. The molecule has 0 amide bonds. The molecular formula is C18H11Cl3N3NaO6S. The van der Waals surface area contributed by atoms with E-state index < -0.39 is 32.4 Å². The molecule has 32 heavy (non-hydrogen) atoms. The molecule has 0 heterocycles. The predicted molar refractivity (Wildman–Crippen MR) is 116 cm³/mol. The Morgan fingerprint density at radius 1 is 0.969 bits per heavy atom. The van der Waals surface area contributed by atoms with E-state index in [0.29, 0.717) is 0 Å². The Kier molecular flexibility index (Phi) is 8.41. The third-order valence-electron chi connectivity index (χ3n) is 4.01. The van der Waals surface area contributed by atoms with E-state index in [1.807, 2.05) is 0 Å². The SMILES string of the molecule is CC([O-])=Nc1ccc(S(=O)(=O)O)c2ccc(N=Nc3c(O)c(Cl)cc(Cl)c3Cl)c(O)c12.[Na+]. The maximum atomic E-state index is 11.7. The Morgan fingerprint density at radius 2 is 1.59 bits per heavy atom. The second-order valence-electron chi connectivity index (χ2n) is 6.10. The van der Waals surface area contributed by atoms with Crippen LogP contribution in [0.15, 0.2) is 50.4 Å². The number of aromatic hydroxyl groups is 2. The summed E-state index contributed by atoms with van der Waals surface area (Å²) in [6.07, 6.45) is 0. The van der Waals surface area contributed by atoms with E-state index in [2.05, 4.69) is 15.2 Å². The molecule has 0 aliphatic heterocycles. The van der Waals surface area contributed by atoms with Crippen LogP contribution in [0.4, 0.5) is 17.1 Å². The van der Waals surface area contributed by atoms with Crippen LogP contribution in [0.25, 0.3) is 10.8 Å². The molecule has 0 radical (unpaired) electrons. The molecule has 0 fully saturated rings. The van der Waals surface area contributed by atoms with E-state index >= 15 is 0 Å². The van der Waals surface area contributed by atoms with Crippen molar-refractivity contribution in [3.63, 3.8) is 0 Å². The van der Waals surface area contributed by atoms with Gasteiger partial charge in [-0.2, -0.15) is 8.42 Å². The van der Waals surface area contributed by atoms with E-state index in [1.54, 1.807) is 0 Å². The van der Waals surface area contributed by atoms with Crippen molar-refractivity contribution in [2.45, 2.75) is 11.8 Å². The van der Waals surface area contributed by atoms with Crippen LogP contribution in [-0.2, 0) is 10.1 Å². The normalized spacial score (nSPS) is 12.3. The van der Waals surface area contributed by atoms with Gasteiger partial charge >= 0.3 is 29.6 Å². The minimum Gasteiger partial charge on any atom is -0.862 e. The summed E-state index contributed by atoms with van der Waals surface area (Å²) in [5.74, 6) is -1.70. The van der Waals surface area contributed by atoms with Crippen LogP contribution in [0.2, 0.25) is 15.1 Å². The van der Waals surface area contributed by atoms with Crippen LogP contribution >= 0.6 is 34.8 Å². The van der Waals surface area contributed by atoms with Crippen molar-refractivity contribution in [1.29, 1.82) is 0 Å². The molecule has 0 atom stereocenters. The molecule has 0 unspecified atom stereocenters. The first-order valence-corrected chi connectivity index (χ1v) is 10.8. The number of halogens is 3. The van der Waals surface area contributed by atoms with Crippen molar-refractivity contribution in [1.82, 2.24) is 0 Å². The zero-order valence-corrected chi connectivity index (χ0v) is 21.4. The van der Waals surface area contributed by atoms with Crippen LogP contribution < -0.4 is 34.7 Å². The summed E-state index contributed by atoms with van der Waals surface area (Å²) in [6.45, 7) is 1.16. The van der Waals surface area contributed by atoms with Gasteiger partial charge in [0, 0.05) is 5.39 Å².